The molecule has 754 valence electrons. The van der Waals surface area contributed by atoms with Gasteiger partial charge in [-0.15, -0.1) is 0 Å². The second-order valence-corrected chi connectivity index (χ2v) is 35.5. The first-order chi connectivity index (χ1) is 68.5. The van der Waals surface area contributed by atoms with Gasteiger partial charge in [-0.1, -0.05) is 227 Å². The minimum absolute atomic E-state index is 0. The maximum absolute atomic E-state index is 13.2. The quantitative estimate of drug-likeness (QED) is 0.00886. The first-order valence-corrected chi connectivity index (χ1v) is 46.7. The van der Waals surface area contributed by atoms with E-state index in [1.165, 1.54) is 56.1 Å². The number of ether oxygens (including phenoxy) is 4. The zero-order chi connectivity index (χ0) is 106. The monoisotopic (exact) mass is 1980 g/mol. The molecule has 0 aliphatic rings. The van der Waals surface area contributed by atoms with Gasteiger partial charge >= 0.3 is 59.4 Å². The van der Waals surface area contributed by atoms with Gasteiger partial charge < -0.3 is 66.3 Å². The molecule has 146 heavy (non-hydrogen) atoms. The summed E-state index contributed by atoms with van der Waals surface area (Å²) >= 11 is 0. The van der Waals surface area contributed by atoms with Crippen LogP contribution in [0.25, 0.3) is 66.8 Å². The largest absolute Gasteiger partial charge is 1.00 e. The van der Waals surface area contributed by atoms with Crippen molar-refractivity contribution in [3.8, 4) is 66.8 Å². The van der Waals surface area contributed by atoms with Crippen LogP contribution in [0.3, 0.4) is 0 Å². The number of nitrogens with one attached hydrogen (secondary N) is 2. The number of carboxylic acid groups (broad SMARTS) is 1. The Balaban J connectivity index is 0.000000264. The van der Waals surface area contributed by atoms with E-state index in [1.807, 2.05) is 292 Å². The normalized spacial score (nSPS) is 10.7. The van der Waals surface area contributed by atoms with Gasteiger partial charge in [0.15, 0.2) is 5.78 Å². The van der Waals surface area contributed by atoms with Crippen molar-refractivity contribution in [2.75, 3.05) is 87.7 Å². The van der Waals surface area contributed by atoms with Crippen LogP contribution in [0, 0.1) is 59.3 Å². The number of nitrogen functional groups attached to an aromatic ring is 1. The number of aromatic carboxylic acids is 1. The fourth-order valence-corrected chi connectivity index (χ4v) is 14.5. The molecule has 0 saturated carbocycles. The summed E-state index contributed by atoms with van der Waals surface area (Å²) in [6, 6.07) is 80.3. The summed E-state index contributed by atoms with van der Waals surface area (Å²) < 4.78 is 19.1. The van der Waals surface area contributed by atoms with Crippen molar-refractivity contribution < 1.29 is 107 Å². The molecule has 0 aliphatic carbocycles. The number of benzene rings is 12. The Hall–Kier alpha value is -15.8. The molecule has 0 spiro atoms. The summed E-state index contributed by atoms with van der Waals surface area (Å²) in [6.07, 6.45) is 10.8. The van der Waals surface area contributed by atoms with Crippen LogP contribution < -0.4 is 66.4 Å². The van der Waals surface area contributed by atoms with E-state index < -0.39 is 17.9 Å². The molecule has 0 aliphatic heterocycles. The summed E-state index contributed by atoms with van der Waals surface area (Å²) in [7, 11) is 12.4. The maximum Gasteiger partial charge on any atom is 1.00 e. The number of methoxy groups -OCH3 is 4. The summed E-state index contributed by atoms with van der Waals surface area (Å²) in [4.78, 5) is 140. The van der Waals surface area contributed by atoms with Crippen LogP contribution in [0.4, 0.5) is 34.1 Å². The minimum atomic E-state index is -1.01. The molecule has 2 heterocycles. The summed E-state index contributed by atoms with van der Waals surface area (Å²) in [5, 5.41) is 15.0. The van der Waals surface area contributed by atoms with Gasteiger partial charge in [0, 0.05) is 141 Å². The zero-order valence-electron chi connectivity index (χ0n) is 87.3. The van der Waals surface area contributed by atoms with Crippen LogP contribution in [0.1, 0.15) is 181 Å². The smallest absolute Gasteiger partial charge is 0.870 e. The Morgan fingerprint density at radius 1 is 0.356 bits per heavy atom. The third-order valence-corrected chi connectivity index (χ3v) is 22.9. The number of nitrogens with two attached hydrogens (primary N) is 2. The number of hydrogen-bond acceptors (Lipinski definition) is 22. The van der Waals surface area contributed by atoms with E-state index in [4.69, 9.17) is 30.4 Å². The molecule has 12 aromatic carbocycles. The first-order valence-electron chi connectivity index (χ1n) is 46.7. The van der Waals surface area contributed by atoms with E-state index in [-0.39, 0.29) is 106 Å². The molecule has 0 radical (unpaired) electrons. The van der Waals surface area contributed by atoms with Crippen molar-refractivity contribution in [2.24, 2.45) is 23.5 Å². The molecule has 0 saturated heterocycles. The number of esters is 4. The Bertz CT molecular complexity index is 6730. The second kappa shape index (κ2) is 58.1. The van der Waals surface area contributed by atoms with Gasteiger partial charge in [-0.25, -0.2) is 24.0 Å². The van der Waals surface area contributed by atoms with E-state index in [0.29, 0.717) is 69.1 Å². The second-order valence-electron chi connectivity index (χ2n) is 35.5. The number of ketones is 1. The van der Waals surface area contributed by atoms with Gasteiger partial charge in [-0.3, -0.25) is 43.9 Å². The van der Waals surface area contributed by atoms with Gasteiger partial charge in [0.05, 0.1) is 67.6 Å². The third-order valence-electron chi connectivity index (χ3n) is 22.9. The van der Waals surface area contributed by atoms with Gasteiger partial charge in [-0.2, -0.15) is 0 Å². The van der Waals surface area contributed by atoms with Crippen molar-refractivity contribution in [3.63, 3.8) is 0 Å². The Morgan fingerprint density at radius 3 is 0.904 bits per heavy atom. The topological polar surface area (TPSA) is 395 Å². The van der Waals surface area contributed by atoms with E-state index in [9.17, 15) is 53.1 Å². The first kappa shape index (κ1) is 119. The molecule has 27 nitrogen and oxygen atoms in total. The number of nitrogens with zero attached hydrogens (tertiary/aromatic N) is 7. The molecular formula is C118H130N11NaO16. The minimum Gasteiger partial charge on any atom is -0.870 e. The van der Waals surface area contributed by atoms with Crippen molar-refractivity contribution in [2.45, 2.75) is 115 Å². The fraction of sp³-hybridized carbons (Fsp3) is 0.237. The van der Waals surface area contributed by atoms with E-state index in [0.717, 1.165) is 101 Å². The van der Waals surface area contributed by atoms with Crippen molar-refractivity contribution in [1.82, 2.24) is 19.9 Å². The predicted molar refractivity (Wildman–Crippen MR) is 576 cm³/mol. The van der Waals surface area contributed by atoms with Gasteiger partial charge in [0.25, 0.3) is 0 Å². The van der Waals surface area contributed by atoms with Crippen LogP contribution in [-0.4, -0.2) is 147 Å². The Kier molecular flexibility index (Phi) is 47.3. The van der Waals surface area contributed by atoms with Crippen molar-refractivity contribution >= 4 is 93.9 Å². The number of Topliss-reactive ketones (excluding diaryl/α,β-unsaturated/α-hetero) is 1. The molecule has 0 fully saturated rings. The Labute approximate surface area is 878 Å². The number of aryl methyl sites for hydroxylation is 6. The number of carboxylic acids is 1. The molecule has 8 N–H and O–H groups in total. The number of anilines is 6. The standard InChI is InChI=1S/C26H29N3O2.C20H23NO3.C19H21NO3.C16H15NO3.C16H17NO2.C15H15NO2.C6H9N3.Na.H2O/c1-17(2)26(31)29(5)23-14-21(20-8-6-18(3)7-9-20)13-22(15-23)25(30)12-19(4)24-16-27-10-11-28-24;1-13(2)19(22)21(4)18-11-16(10-17(12-18)20(23)24-5)15-8-6-14(3)7-9-15;1-12(2)18(21)20(4)17-10-15(9-16(11-17)19(22)23)14-7-5-13(3)6-8-14;1-11-3-5-12(6-4-11)13-7-14(16(19)20-2)9-15(8-13)17-10-18;1-11-4-6-12(7-5-11)13-8-14(16(18)19-3)10-15(9-13)17-2;1-10-3-5-11(6-4-10)12-7-13(15(17)18-2)9-14(16)8-12;1-5(7)6-4-8-2-3-9-6;;/h6-11,13-17,19H,12H2,1-5H3;6-13H,1-5H3;5-12H,1-4H3,(H,22,23);3-10H,1-2H3,(H,17,18);4-10,17H,1-3H3;3-9H,16H2,1-2H3;2-5H,7H2,1H3;;1H2/q;;;;;;;+1;/p-1. The molecule has 0 bridgehead atoms. The van der Waals surface area contributed by atoms with Crippen LogP contribution in [-0.2, 0) is 38.1 Å². The molecule has 14 rings (SSSR count). The molecule has 14 aromatic rings. The average molecular weight is 1980 g/mol. The maximum atomic E-state index is 13.2. The van der Waals surface area contributed by atoms with Gasteiger partial charge in [0.1, 0.15) is 0 Å². The number of carbonyl (C=O) groups is 10. The van der Waals surface area contributed by atoms with Crippen LogP contribution in [0.15, 0.2) is 292 Å². The number of aromatic nitrogens is 4. The van der Waals surface area contributed by atoms with E-state index in [1.54, 1.807) is 117 Å². The van der Waals surface area contributed by atoms with E-state index in [2.05, 4.69) is 42.7 Å². The van der Waals surface area contributed by atoms with Crippen LogP contribution in [0.2, 0.25) is 0 Å². The Morgan fingerprint density at radius 2 is 0.623 bits per heavy atom. The fourth-order valence-electron chi connectivity index (χ4n) is 14.5. The van der Waals surface area contributed by atoms with Crippen LogP contribution in [0.5, 0.6) is 0 Å². The molecule has 4 amide bonds. The SMILES string of the molecule is CC(N)c1cnccn1.CNc1cc(C(=O)OC)cc(-c2ccc(C)cc2)c1.COC(=O)c1cc(-c2ccc(C)cc2)cc(N(C)C(=O)C(C)C)c1.COC(=O)c1cc(N)cc(-c2ccc(C)cc2)c1.COC(=O)c1cc(NC=O)cc(-c2ccc(C)cc2)c1.Cc1ccc(-c2cc(C(=O)CC(C)c3cnccn3)cc(N(C)C(=O)C(C)C)c2)cc1.Cc1ccc(-c2cc(C(=O)O)cc(N(C)C(=O)C(C)C)c2)cc1.[Na+].[OH-]. The van der Waals surface area contributed by atoms with Gasteiger partial charge in [-0.05, 0) is 224 Å². The summed E-state index contributed by atoms with van der Waals surface area (Å²) in [6.45, 7) is 27.1. The summed E-state index contributed by atoms with van der Waals surface area (Å²) in [5.41, 5.74) is 37.8. The molecular weight excluding hydrogens is 1850 g/mol. The van der Waals surface area contributed by atoms with Crippen LogP contribution >= 0.6 is 0 Å². The van der Waals surface area contributed by atoms with Crippen molar-refractivity contribution in [3.05, 3.63) is 370 Å². The number of hydrogen-bond donors (Lipinski definition) is 5. The average Bonchev–Trinajstić information content (AvgIpc) is 0.856. The molecule has 2 atom stereocenters. The van der Waals surface area contributed by atoms with E-state index >= 15 is 0 Å². The van der Waals surface area contributed by atoms with Gasteiger partial charge in [0.2, 0.25) is 24.1 Å². The zero-order valence-corrected chi connectivity index (χ0v) is 89.3. The number of rotatable bonds is 25. The molecule has 28 heteroatoms. The molecule has 2 unspecified atom stereocenters. The van der Waals surface area contributed by atoms with Crippen molar-refractivity contribution in [1.29, 1.82) is 0 Å². The number of carbonyl (C=O) groups excluding carboxylic acids is 9. The number of amides is 4. The predicted octanol–water partition coefficient (Wildman–Crippen LogP) is 20.4. The third kappa shape index (κ3) is 35.7. The molecule has 2 aromatic heterocycles. The summed E-state index contributed by atoms with van der Waals surface area (Å²) in [5.74, 6) is -3.09.